The van der Waals surface area contributed by atoms with Gasteiger partial charge in [-0.1, -0.05) is 11.6 Å². The van der Waals surface area contributed by atoms with E-state index in [2.05, 4.69) is 15.5 Å². The molecule has 0 saturated carbocycles. The fourth-order valence-corrected chi connectivity index (χ4v) is 5.99. The van der Waals surface area contributed by atoms with Crippen LogP contribution in [0.3, 0.4) is 0 Å². The second-order valence-corrected chi connectivity index (χ2v) is 9.50. The van der Waals surface area contributed by atoms with Crippen LogP contribution in [0, 0.1) is 0 Å². The number of hydrogen-bond acceptors (Lipinski definition) is 6. The molecule has 0 aliphatic carbocycles. The number of carboxylic acid groups (broad SMARTS) is 2. The van der Waals surface area contributed by atoms with E-state index in [0.717, 1.165) is 19.5 Å². The van der Waals surface area contributed by atoms with Crippen LogP contribution in [0.15, 0.2) is 17.7 Å². The Bertz CT molecular complexity index is 1030. The summed E-state index contributed by atoms with van der Waals surface area (Å²) < 4.78 is 5.82. The summed E-state index contributed by atoms with van der Waals surface area (Å²) in [7, 11) is 0. The van der Waals surface area contributed by atoms with Crippen molar-refractivity contribution in [2.45, 2.75) is 57.0 Å². The van der Waals surface area contributed by atoms with Gasteiger partial charge in [-0.2, -0.15) is 0 Å². The molecule has 0 spiro atoms. The summed E-state index contributed by atoms with van der Waals surface area (Å²) in [6.07, 6.45) is 6.43. The molecule has 10 heteroatoms. The van der Waals surface area contributed by atoms with Crippen LogP contribution in [-0.4, -0.2) is 70.8 Å². The van der Waals surface area contributed by atoms with Crippen LogP contribution in [0.1, 0.15) is 54.9 Å². The molecule has 3 aliphatic heterocycles. The summed E-state index contributed by atoms with van der Waals surface area (Å²) in [5, 5.41) is 24.8. The van der Waals surface area contributed by atoms with Crippen molar-refractivity contribution in [1.82, 2.24) is 10.2 Å². The molecule has 1 aromatic carbocycles. The molecule has 0 radical (unpaired) electrons. The summed E-state index contributed by atoms with van der Waals surface area (Å²) in [5.74, 6) is -2.65. The van der Waals surface area contributed by atoms with Gasteiger partial charge in [-0.05, 0) is 58.2 Å². The molecule has 184 valence electrons. The summed E-state index contributed by atoms with van der Waals surface area (Å²) >= 11 is 6.47. The number of carboxylic acids is 2. The number of amides is 1. The Kier molecular flexibility index (Phi) is 7.04. The molecule has 1 atom stereocenters. The highest BCUT2D eigenvalue weighted by Crippen LogP contribution is 2.44. The normalized spacial score (nSPS) is 21.0. The standard InChI is InChI=1S/C24H30ClN3O6/c1-2-34-21-15-12-18(14(23(32)33)13-19(29)30)27-20(15)17(25)11-16(21)22(31)26-8-7-24-5-3-9-28(24)10-4-6-24/h11,13,18,27H,2-10,12H2,1H3,(H,26,31)(H,29,30)(H,32,33)/b14-13-. The maximum absolute atomic E-state index is 13.2. The highest BCUT2D eigenvalue weighted by Gasteiger charge is 2.43. The predicted octanol–water partition coefficient (Wildman–Crippen LogP) is 2.92. The van der Waals surface area contributed by atoms with Crippen molar-refractivity contribution in [2.24, 2.45) is 0 Å². The van der Waals surface area contributed by atoms with Crippen molar-refractivity contribution in [1.29, 1.82) is 0 Å². The number of rotatable bonds is 9. The quantitative estimate of drug-likeness (QED) is 0.388. The molecule has 4 rings (SSSR count). The van der Waals surface area contributed by atoms with E-state index in [9.17, 15) is 19.5 Å². The molecule has 3 aliphatic rings. The van der Waals surface area contributed by atoms with Crippen molar-refractivity contribution in [3.63, 3.8) is 0 Å². The third kappa shape index (κ3) is 4.59. The Balaban J connectivity index is 1.54. The fourth-order valence-electron chi connectivity index (χ4n) is 5.71. The number of nitrogens with one attached hydrogen (secondary N) is 2. The topological polar surface area (TPSA) is 128 Å². The van der Waals surface area contributed by atoms with Crippen LogP contribution in [0.4, 0.5) is 5.69 Å². The molecule has 9 nitrogen and oxygen atoms in total. The molecule has 1 aromatic rings. The lowest BCUT2D eigenvalue weighted by Crippen LogP contribution is -2.41. The zero-order chi connectivity index (χ0) is 24.5. The van der Waals surface area contributed by atoms with E-state index < -0.39 is 18.0 Å². The lowest BCUT2D eigenvalue weighted by Gasteiger charge is -2.32. The molecule has 3 heterocycles. The average Bonchev–Trinajstić information content (AvgIpc) is 3.47. The Hall–Kier alpha value is -2.78. The summed E-state index contributed by atoms with van der Waals surface area (Å²) in [5.41, 5.74) is 1.21. The molecule has 0 aromatic heterocycles. The minimum absolute atomic E-state index is 0.134. The maximum atomic E-state index is 13.2. The third-order valence-electron chi connectivity index (χ3n) is 7.18. The van der Waals surface area contributed by atoms with Crippen molar-refractivity contribution < 1.29 is 29.3 Å². The zero-order valence-corrected chi connectivity index (χ0v) is 19.9. The highest BCUT2D eigenvalue weighted by atomic mass is 35.5. The predicted molar refractivity (Wildman–Crippen MR) is 127 cm³/mol. The van der Waals surface area contributed by atoms with E-state index in [1.165, 1.54) is 31.7 Å². The molecule has 4 N–H and O–H groups in total. The summed E-state index contributed by atoms with van der Waals surface area (Å²) in [6.45, 7) is 4.90. The maximum Gasteiger partial charge on any atom is 0.333 e. The Morgan fingerprint density at radius 2 is 2.00 bits per heavy atom. The van der Waals surface area contributed by atoms with E-state index in [4.69, 9.17) is 21.4 Å². The second kappa shape index (κ2) is 9.84. The number of fused-ring (bicyclic) bond motifs is 2. The smallest absolute Gasteiger partial charge is 0.333 e. The number of aliphatic carboxylic acids is 2. The first kappa shape index (κ1) is 24.3. The van der Waals surface area contributed by atoms with Gasteiger partial charge in [0.15, 0.2) is 0 Å². The monoisotopic (exact) mass is 491 g/mol. The molecule has 1 amide bonds. The van der Waals surface area contributed by atoms with Gasteiger partial charge in [0, 0.05) is 30.1 Å². The fraction of sp³-hybridized carbons (Fsp3) is 0.542. The van der Waals surface area contributed by atoms with E-state index in [0.29, 0.717) is 41.8 Å². The van der Waals surface area contributed by atoms with Crippen LogP contribution in [0.25, 0.3) is 0 Å². The minimum Gasteiger partial charge on any atom is -0.493 e. The Morgan fingerprint density at radius 1 is 1.29 bits per heavy atom. The number of anilines is 1. The molecule has 2 saturated heterocycles. The van der Waals surface area contributed by atoms with E-state index >= 15 is 0 Å². The van der Waals surface area contributed by atoms with Gasteiger partial charge in [-0.3, -0.25) is 9.69 Å². The number of ether oxygens (including phenoxy) is 1. The van der Waals surface area contributed by atoms with Crippen LogP contribution < -0.4 is 15.4 Å². The summed E-state index contributed by atoms with van der Waals surface area (Å²) in [6, 6.07) is 0.709. The van der Waals surface area contributed by atoms with Crippen LogP contribution in [-0.2, 0) is 16.0 Å². The summed E-state index contributed by atoms with van der Waals surface area (Å²) in [4.78, 5) is 38.5. The van der Waals surface area contributed by atoms with Gasteiger partial charge in [-0.25, -0.2) is 9.59 Å². The lowest BCUT2D eigenvalue weighted by atomic mass is 9.90. The first-order valence-electron chi connectivity index (χ1n) is 11.7. The SMILES string of the molecule is CCOc1c(C(=O)NCCC23CCCN2CCC3)cc(Cl)c2c1CC(/C(=C/C(=O)O)C(=O)O)N2. The van der Waals surface area contributed by atoms with Gasteiger partial charge in [0.05, 0.1) is 34.5 Å². The van der Waals surface area contributed by atoms with Crippen molar-refractivity contribution >= 4 is 35.1 Å². The van der Waals surface area contributed by atoms with Crippen molar-refractivity contribution in [3.05, 3.63) is 33.9 Å². The average molecular weight is 492 g/mol. The minimum atomic E-state index is -1.35. The molecular weight excluding hydrogens is 462 g/mol. The van der Waals surface area contributed by atoms with Crippen molar-refractivity contribution in [3.8, 4) is 5.75 Å². The van der Waals surface area contributed by atoms with Gasteiger partial charge >= 0.3 is 11.9 Å². The van der Waals surface area contributed by atoms with Gasteiger partial charge in [0.1, 0.15) is 5.75 Å². The molecule has 1 unspecified atom stereocenters. The number of hydrogen-bond donors (Lipinski definition) is 4. The second-order valence-electron chi connectivity index (χ2n) is 9.09. The van der Waals surface area contributed by atoms with Crippen LogP contribution >= 0.6 is 11.6 Å². The lowest BCUT2D eigenvalue weighted by molar-refractivity contribution is -0.135. The first-order valence-corrected chi connectivity index (χ1v) is 12.1. The highest BCUT2D eigenvalue weighted by molar-refractivity contribution is 6.34. The van der Waals surface area contributed by atoms with Gasteiger partial charge in [0.25, 0.3) is 5.91 Å². The Morgan fingerprint density at radius 3 is 2.62 bits per heavy atom. The largest absolute Gasteiger partial charge is 0.493 e. The van der Waals surface area contributed by atoms with E-state index in [-0.39, 0.29) is 28.5 Å². The van der Waals surface area contributed by atoms with Gasteiger partial charge in [0.2, 0.25) is 0 Å². The molecule has 0 bridgehead atoms. The number of carbonyl (C=O) groups excluding carboxylic acids is 1. The third-order valence-corrected chi connectivity index (χ3v) is 7.48. The molecular formula is C24H30ClN3O6. The van der Waals surface area contributed by atoms with Crippen LogP contribution in [0.5, 0.6) is 5.75 Å². The molecule has 2 fully saturated rings. The van der Waals surface area contributed by atoms with Crippen molar-refractivity contribution in [2.75, 3.05) is 31.6 Å². The van der Waals surface area contributed by atoms with Gasteiger partial charge < -0.3 is 25.6 Å². The zero-order valence-electron chi connectivity index (χ0n) is 19.2. The van der Waals surface area contributed by atoms with E-state index in [1.54, 1.807) is 6.92 Å². The number of halogens is 1. The molecule has 34 heavy (non-hydrogen) atoms. The Labute approximate surface area is 203 Å². The van der Waals surface area contributed by atoms with E-state index in [1.807, 2.05) is 0 Å². The van der Waals surface area contributed by atoms with Crippen LogP contribution in [0.2, 0.25) is 5.02 Å². The number of carbonyl (C=O) groups is 3. The number of benzene rings is 1. The first-order chi connectivity index (χ1) is 16.3. The number of nitrogens with zero attached hydrogens (tertiary/aromatic N) is 1. The van der Waals surface area contributed by atoms with Gasteiger partial charge in [-0.15, -0.1) is 0 Å².